The average Bonchev–Trinajstić information content (AvgIpc) is 3.76. The van der Waals surface area contributed by atoms with Gasteiger partial charge in [0, 0.05) is 123 Å². The zero-order chi connectivity index (χ0) is 49.6. The Bertz CT molecular complexity index is 3090. The van der Waals surface area contributed by atoms with Gasteiger partial charge in [-0.25, -0.2) is 4.39 Å². The second-order valence-corrected chi connectivity index (χ2v) is 23.1. The van der Waals surface area contributed by atoms with E-state index in [-0.39, 0.29) is 52.3 Å². The summed E-state index contributed by atoms with van der Waals surface area (Å²) in [5, 5.41) is 16.3. The third-order valence-electron chi connectivity index (χ3n) is 18.2. The summed E-state index contributed by atoms with van der Waals surface area (Å²) in [5.41, 5.74) is 4.41. The molecule has 14 nitrogen and oxygen atoms in total. The number of halogens is 1. The Morgan fingerprint density at radius 1 is 0.863 bits per heavy atom. The molecule has 0 radical (unpaired) electrons. The number of ether oxygens (including phenoxy) is 1. The molecule has 2 unspecified atom stereocenters. The van der Waals surface area contributed by atoms with Crippen molar-refractivity contribution in [3.8, 4) is 35.4 Å². The van der Waals surface area contributed by atoms with Gasteiger partial charge in [0.1, 0.15) is 28.6 Å². The largest absolute Gasteiger partial charge is 0.508 e. The Hall–Kier alpha value is -6.21. The van der Waals surface area contributed by atoms with Crippen LogP contribution in [-0.2, 0) is 16.1 Å². The molecule has 2 aromatic heterocycles. The van der Waals surface area contributed by atoms with E-state index < -0.39 is 11.9 Å². The lowest BCUT2D eigenvalue weighted by Gasteiger charge is -2.41. The van der Waals surface area contributed by atoms with Crippen molar-refractivity contribution in [1.82, 2.24) is 35.0 Å². The van der Waals surface area contributed by atoms with Crippen molar-refractivity contribution in [3.63, 3.8) is 0 Å². The minimum absolute atomic E-state index is 0.00388. The van der Waals surface area contributed by atoms with Gasteiger partial charge in [-0.3, -0.25) is 24.3 Å². The van der Waals surface area contributed by atoms with Crippen LogP contribution >= 0.6 is 0 Å². The standard InChI is InChI=1S/C58H64FN9O5/c1-2-37-4-3-5-38-25-44(70)26-46(50(37)38)52-51(59)53-47(28-60-52)54(67-31-40-6-7-41(32-67)61-40)63-56(62-53)73-35-58(16-17-58)34-65-19-18-57(33-65)14-12-36(13-15-57)29-64-20-22-66(23-21-64)42-8-10-45-39(24-42)30-68(55(45)72)48-11-9-43(69)27-49(48)71/h1,3-5,8,10,24-26,28,36,40-41,48,61,70H,6-7,9,11-23,27,29-35H2/t36?,40?,41?,48-,57?/m0/s1. The zero-order valence-corrected chi connectivity index (χ0v) is 41.6. The van der Waals surface area contributed by atoms with Crippen LogP contribution in [0.1, 0.15) is 98.5 Å². The number of nitrogens with zero attached hydrogens (tertiary/aromatic N) is 8. The van der Waals surface area contributed by atoms with E-state index in [9.17, 15) is 19.5 Å². The van der Waals surface area contributed by atoms with Gasteiger partial charge in [-0.2, -0.15) is 9.97 Å². The van der Waals surface area contributed by atoms with Gasteiger partial charge >= 0.3 is 6.01 Å². The number of nitrogens with one attached hydrogen (secondary N) is 1. The highest BCUT2D eigenvalue weighted by Gasteiger charge is 2.49. The van der Waals surface area contributed by atoms with Crippen molar-refractivity contribution in [3.05, 3.63) is 77.2 Å². The van der Waals surface area contributed by atoms with E-state index in [1.165, 1.54) is 38.2 Å². The molecule has 3 aliphatic carbocycles. The highest BCUT2D eigenvalue weighted by Crippen LogP contribution is 2.51. The van der Waals surface area contributed by atoms with Crippen LogP contribution < -0.4 is 19.9 Å². The van der Waals surface area contributed by atoms with E-state index in [4.69, 9.17) is 21.1 Å². The molecule has 3 aromatic carbocycles. The second-order valence-electron chi connectivity index (χ2n) is 23.1. The average molecular weight is 986 g/mol. The molecule has 7 fully saturated rings. The van der Waals surface area contributed by atoms with Gasteiger partial charge in [-0.05, 0) is 129 Å². The first-order valence-corrected chi connectivity index (χ1v) is 26.9. The minimum atomic E-state index is -0.597. The highest BCUT2D eigenvalue weighted by molar-refractivity contribution is 6.08. The van der Waals surface area contributed by atoms with Gasteiger partial charge in [0.05, 0.1) is 24.5 Å². The lowest BCUT2D eigenvalue weighted by Crippen LogP contribution is -2.51. The monoisotopic (exact) mass is 986 g/mol. The summed E-state index contributed by atoms with van der Waals surface area (Å²) >= 11 is 0. The zero-order valence-electron chi connectivity index (χ0n) is 41.6. The van der Waals surface area contributed by atoms with E-state index in [1.54, 1.807) is 17.2 Å². The fourth-order valence-electron chi connectivity index (χ4n) is 14.0. The number of piperazine rings is 2. The Kier molecular flexibility index (Phi) is 11.7. The van der Waals surface area contributed by atoms with Crippen LogP contribution in [0.4, 0.5) is 15.9 Å². The molecule has 5 aromatic rings. The molecule has 2 bridgehead atoms. The molecule has 378 valence electrons. The number of rotatable bonds is 11. The van der Waals surface area contributed by atoms with E-state index in [0.717, 1.165) is 102 Å². The Morgan fingerprint density at radius 2 is 1.67 bits per heavy atom. The first-order valence-electron chi connectivity index (χ1n) is 26.9. The Balaban J connectivity index is 0.632. The first kappa shape index (κ1) is 46.6. The smallest absolute Gasteiger partial charge is 0.319 e. The van der Waals surface area contributed by atoms with E-state index >= 15 is 4.39 Å². The number of hydrogen-bond acceptors (Lipinski definition) is 13. The molecule has 3 saturated carbocycles. The summed E-state index contributed by atoms with van der Waals surface area (Å²) in [5.74, 6) is 3.24. The molecule has 1 amide bonds. The van der Waals surface area contributed by atoms with Crippen molar-refractivity contribution >= 4 is 50.7 Å². The van der Waals surface area contributed by atoms with E-state index in [1.807, 2.05) is 24.3 Å². The molecule has 3 atom stereocenters. The molecule has 2 N–H and O–H groups in total. The number of ketones is 2. The number of Topliss-reactive ketones (excluding diaryl/α,β-unsaturated/α-hetero) is 2. The number of phenolic OH excluding ortho intramolecular Hbond substituents is 1. The van der Waals surface area contributed by atoms with Gasteiger partial charge < -0.3 is 34.8 Å². The molecule has 15 heteroatoms. The third-order valence-corrected chi connectivity index (χ3v) is 18.2. The maximum Gasteiger partial charge on any atom is 0.319 e. The Morgan fingerprint density at radius 3 is 2.44 bits per heavy atom. The molecule has 8 aliphatic rings. The number of amides is 1. The number of anilines is 2. The lowest BCUT2D eigenvalue weighted by atomic mass is 9.70. The van der Waals surface area contributed by atoms with E-state index in [0.29, 0.717) is 88.1 Å². The first-order chi connectivity index (χ1) is 35.5. The van der Waals surface area contributed by atoms with Crippen molar-refractivity contribution in [2.24, 2.45) is 16.7 Å². The van der Waals surface area contributed by atoms with Crippen LogP contribution in [0.2, 0.25) is 0 Å². The number of carbonyl (C=O) groups excluding carboxylic acids is 3. The number of pyridine rings is 1. The molecular formula is C58H64FN9O5. The van der Waals surface area contributed by atoms with Crippen LogP contribution in [0.15, 0.2) is 54.7 Å². The van der Waals surface area contributed by atoms with Crippen LogP contribution in [-0.4, -0.2) is 142 Å². The van der Waals surface area contributed by atoms with Gasteiger partial charge in [-0.1, -0.05) is 18.1 Å². The number of carbonyl (C=O) groups is 3. The van der Waals surface area contributed by atoms with Crippen molar-refractivity contribution < 1.29 is 28.6 Å². The van der Waals surface area contributed by atoms with Crippen LogP contribution in [0.5, 0.6) is 11.8 Å². The van der Waals surface area contributed by atoms with Crippen LogP contribution in [0.25, 0.3) is 32.9 Å². The summed E-state index contributed by atoms with van der Waals surface area (Å²) in [6.45, 7) is 10.7. The van der Waals surface area contributed by atoms with Crippen molar-refractivity contribution in [2.75, 3.05) is 81.9 Å². The molecule has 73 heavy (non-hydrogen) atoms. The van der Waals surface area contributed by atoms with Gasteiger partial charge in [0.15, 0.2) is 11.6 Å². The topological polar surface area (TPSA) is 148 Å². The molecular weight excluding hydrogens is 922 g/mol. The molecule has 1 spiro atoms. The number of fused-ring (bicyclic) bond motifs is 5. The summed E-state index contributed by atoms with van der Waals surface area (Å²) < 4.78 is 23.8. The van der Waals surface area contributed by atoms with Gasteiger partial charge in [-0.15, -0.1) is 6.42 Å². The maximum absolute atomic E-state index is 17.2. The number of likely N-dealkylation sites (tertiary alicyclic amines) is 1. The molecule has 13 rings (SSSR count). The maximum atomic E-state index is 17.2. The molecule has 5 aliphatic heterocycles. The highest BCUT2D eigenvalue weighted by atomic mass is 19.1. The van der Waals surface area contributed by atoms with Crippen molar-refractivity contribution in [2.45, 2.75) is 102 Å². The Labute approximate surface area is 425 Å². The number of terminal acetylenes is 1. The molecule has 7 heterocycles. The SMILES string of the molecule is C#Cc1cccc2cc(O)cc(-c3ncc4c(N5CC6CCC(C5)N6)nc(OCC5(CN6CCC7(CCC(CN8CCN(c9ccc%10c(c9)CN([C@H]9CCC(=O)CC9=O)C%10=O)CC8)CC7)C6)CC5)nc4c3F)c12. The summed E-state index contributed by atoms with van der Waals surface area (Å²) in [6, 6.07) is 15.2. The fraction of sp³-hybridized carbons (Fsp3) is 0.517. The number of hydrogen-bond donors (Lipinski definition) is 2. The quantitative estimate of drug-likeness (QED) is 0.102. The summed E-state index contributed by atoms with van der Waals surface area (Å²) in [6.07, 6.45) is 19.0. The van der Waals surface area contributed by atoms with Crippen LogP contribution in [0, 0.1) is 34.9 Å². The number of benzene rings is 3. The number of aromatic hydroxyl groups is 1. The molecule has 4 saturated heterocycles. The summed E-state index contributed by atoms with van der Waals surface area (Å²) in [7, 11) is 0. The summed E-state index contributed by atoms with van der Waals surface area (Å²) in [4.78, 5) is 64.0. The van der Waals surface area contributed by atoms with Gasteiger partial charge in [0.2, 0.25) is 0 Å². The normalized spacial score (nSPS) is 27.1. The second kappa shape index (κ2) is 18.3. The predicted molar refractivity (Wildman–Crippen MR) is 277 cm³/mol. The van der Waals surface area contributed by atoms with Gasteiger partial charge in [0.25, 0.3) is 5.91 Å². The lowest BCUT2D eigenvalue weighted by molar-refractivity contribution is -0.133. The van der Waals surface area contributed by atoms with Crippen molar-refractivity contribution in [1.29, 1.82) is 0 Å². The third kappa shape index (κ3) is 8.76. The van der Waals surface area contributed by atoms with E-state index in [2.05, 4.69) is 48.0 Å². The fourth-order valence-corrected chi connectivity index (χ4v) is 14.0. The predicted octanol–water partition coefficient (Wildman–Crippen LogP) is 7.12. The van der Waals surface area contributed by atoms with Crippen LogP contribution in [0.3, 0.4) is 0 Å². The minimum Gasteiger partial charge on any atom is -0.508 e. The number of aromatic nitrogens is 3. The number of phenols is 1.